The van der Waals surface area contributed by atoms with Gasteiger partial charge in [0.2, 0.25) is 0 Å². The highest BCUT2D eigenvalue weighted by atomic mass is 32.1. The average molecular weight is 601 g/mol. The summed E-state index contributed by atoms with van der Waals surface area (Å²) >= 11 is 1.59. The Labute approximate surface area is 268 Å². The van der Waals surface area contributed by atoms with Crippen LogP contribution in [0.1, 0.15) is 32.9 Å². The lowest BCUT2D eigenvalue weighted by atomic mass is 9.41. The molecule has 0 bridgehead atoms. The first-order chi connectivity index (χ1) is 22.7. The Bertz CT molecular complexity index is 2180. The number of benzene rings is 1. The summed E-state index contributed by atoms with van der Waals surface area (Å²) in [5.41, 5.74) is 4.98. The van der Waals surface area contributed by atoms with Crippen molar-refractivity contribution in [3.05, 3.63) is 127 Å². The van der Waals surface area contributed by atoms with Gasteiger partial charge in [-0.05, 0) is 79.5 Å². The van der Waals surface area contributed by atoms with Crippen molar-refractivity contribution in [2.24, 2.45) is 5.89 Å². The Morgan fingerprint density at radius 3 is 2.16 bits per heavy atom. The topological polar surface area (TPSA) is 56.0 Å². The minimum atomic E-state index is -0.701. The average Bonchev–Trinajstić information content (AvgIpc) is 3.81. The molecule has 8 nitrogen and oxygen atoms in total. The Balaban J connectivity index is 1.17. The molecule has 13 heteroatoms. The molecule has 10 rings (SSSR count). The smallest absolute Gasteiger partial charge is 0.381 e. The maximum absolute atomic E-state index is 9.82. The predicted octanol–water partition coefficient (Wildman–Crippen LogP) is 5.55. The van der Waals surface area contributed by atoms with Crippen LogP contribution in [0.2, 0.25) is 0 Å². The number of thiazole rings is 1. The van der Waals surface area contributed by atoms with Gasteiger partial charge < -0.3 is 18.9 Å². The molecule has 4 aromatic rings. The molecule has 0 atom stereocenters. The fraction of sp³-hybridized carbons (Fsp3) is 0.156. The van der Waals surface area contributed by atoms with Gasteiger partial charge in [0, 0.05) is 6.94 Å². The molecule has 1 aliphatic carbocycles. The second-order valence-corrected chi connectivity index (χ2v) is 13.2. The molecule has 0 radical (unpaired) electrons. The van der Waals surface area contributed by atoms with Crippen LogP contribution in [-0.4, -0.2) is 66.2 Å². The highest BCUT2D eigenvalue weighted by Gasteiger charge is 2.51. The third-order valence-electron chi connectivity index (χ3n) is 9.81. The summed E-state index contributed by atoms with van der Waals surface area (Å²) in [6.07, 6.45) is 27.4. The fourth-order valence-electron chi connectivity index (χ4n) is 7.74. The number of para-hydroxylation sites is 2. The zero-order valence-electron chi connectivity index (χ0n) is 25.6. The van der Waals surface area contributed by atoms with Crippen molar-refractivity contribution >= 4 is 71.2 Å². The minimum absolute atomic E-state index is 0.00500. The molecule has 0 spiro atoms. The second kappa shape index (κ2) is 9.94. The van der Waals surface area contributed by atoms with Gasteiger partial charge >= 0.3 is 27.9 Å². The SMILES string of the molecule is [2H]C1(C2=CN3B4C=CC=CN4B4C=CC=CN4B4C=CC=CN4B3C=C2c2ncc3c(n2)sc2nc4ccccc4n23)CCCC1. The largest absolute Gasteiger partial charge is 0.423 e. The molecule has 1 saturated carbocycles. The van der Waals surface area contributed by atoms with Crippen LogP contribution in [0.5, 0.6) is 0 Å². The summed E-state index contributed by atoms with van der Waals surface area (Å²) in [5.74, 6) is 9.10. The lowest BCUT2D eigenvalue weighted by molar-refractivity contribution is 0.602. The van der Waals surface area contributed by atoms with E-state index in [0.29, 0.717) is 5.82 Å². The number of hydrogen-bond acceptors (Lipinski definition) is 8. The number of aromatic nitrogens is 4. The van der Waals surface area contributed by atoms with E-state index in [1.807, 2.05) is 24.4 Å². The van der Waals surface area contributed by atoms with Gasteiger partial charge in [0.25, 0.3) is 0 Å². The van der Waals surface area contributed by atoms with E-state index in [0.717, 1.165) is 63.2 Å². The monoisotopic (exact) mass is 601 g/mol. The lowest BCUT2D eigenvalue weighted by Gasteiger charge is -2.53. The minimum Gasteiger partial charge on any atom is -0.423 e. The first-order valence-corrected chi connectivity index (χ1v) is 16.6. The van der Waals surface area contributed by atoms with E-state index < -0.39 is 5.89 Å². The van der Waals surface area contributed by atoms with Crippen molar-refractivity contribution in [3.63, 3.8) is 0 Å². The second-order valence-electron chi connectivity index (χ2n) is 12.3. The maximum atomic E-state index is 9.82. The van der Waals surface area contributed by atoms with E-state index in [-0.39, 0.29) is 27.9 Å². The Morgan fingerprint density at radius 1 is 0.756 bits per heavy atom. The van der Waals surface area contributed by atoms with E-state index >= 15 is 0 Å². The molecule has 1 aromatic carbocycles. The van der Waals surface area contributed by atoms with E-state index in [1.54, 1.807) is 11.3 Å². The summed E-state index contributed by atoms with van der Waals surface area (Å²) in [4.78, 5) is 17.0. The van der Waals surface area contributed by atoms with Crippen LogP contribution >= 0.6 is 11.3 Å². The standard InChI is InChI=1S/C32H28B4N8S/c1-2-12-24(11-1)26-23-43-35-17-7-9-19-41(35)33-15-5-8-18-40(33)34-16-6-10-20-42(34)36(43)21-25(26)30-37-22-29-31(39-30)45-32-38-27-13-3-4-14-28(27)44(29)32/h3-10,13-24H,1-2,11-12H2/i24D. The molecule has 0 N–H and O–H groups in total. The molecule has 6 aliphatic rings. The number of fused-ring (bicyclic) bond motifs is 13. The lowest BCUT2D eigenvalue weighted by Crippen LogP contribution is -2.73. The summed E-state index contributed by atoms with van der Waals surface area (Å²) in [6.45, 7) is -0.144. The molecule has 1 saturated heterocycles. The number of rotatable bonds is 2. The summed E-state index contributed by atoms with van der Waals surface area (Å²) < 4.78 is 21.7. The number of hydrogen-bond donors (Lipinski definition) is 0. The van der Waals surface area contributed by atoms with E-state index in [4.69, 9.17) is 15.0 Å². The molecule has 8 heterocycles. The third-order valence-corrected chi connectivity index (χ3v) is 10.8. The summed E-state index contributed by atoms with van der Waals surface area (Å²) in [6, 6.07) is 8.21. The van der Waals surface area contributed by atoms with Crippen LogP contribution in [0.25, 0.3) is 31.9 Å². The van der Waals surface area contributed by atoms with Crippen LogP contribution in [0, 0.1) is 5.89 Å². The molecule has 2 fully saturated rings. The first kappa shape index (κ1) is 24.7. The predicted molar refractivity (Wildman–Crippen MR) is 187 cm³/mol. The van der Waals surface area contributed by atoms with Crippen LogP contribution in [0.3, 0.4) is 0 Å². The quantitative estimate of drug-likeness (QED) is 0.280. The first-order valence-electron chi connectivity index (χ1n) is 16.3. The van der Waals surface area contributed by atoms with Crippen LogP contribution in [0.4, 0.5) is 0 Å². The Kier molecular flexibility index (Phi) is 5.45. The van der Waals surface area contributed by atoms with Gasteiger partial charge in [-0.2, -0.15) is 0 Å². The molecule has 214 valence electrons. The normalized spacial score (nSPS) is 21.7. The highest BCUT2D eigenvalue weighted by Crippen LogP contribution is 2.42. The Hall–Kier alpha value is -4.63. The zero-order chi connectivity index (χ0) is 30.4. The molecule has 0 amide bonds. The Morgan fingerprint density at radius 2 is 1.42 bits per heavy atom. The van der Waals surface area contributed by atoms with Crippen molar-refractivity contribution in [2.75, 3.05) is 0 Å². The number of nitrogens with zero attached hydrogens (tertiary/aromatic N) is 8. The van der Waals surface area contributed by atoms with E-state index in [9.17, 15) is 1.37 Å². The van der Waals surface area contributed by atoms with Crippen molar-refractivity contribution < 1.29 is 1.37 Å². The van der Waals surface area contributed by atoms with Gasteiger partial charge in [-0.15, -0.1) is 0 Å². The zero-order valence-corrected chi connectivity index (χ0v) is 25.4. The van der Waals surface area contributed by atoms with Gasteiger partial charge in [0.05, 0.1) is 17.2 Å². The van der Waals surface area contributed by atoms with Crippen molar-refractivity contribution in [2.45, 2.75) is 25.7 Å². The van der Waals surface area contributed by atoms with E-state index in [2.05, 4.69) is 115 Å². The fourth-order valence-corrected chi connectivity index (χ4v) is 8.73. The molecule has 0 unspecified atom stereocenters. The van der Waals surface area contributed by atoms with Gasteiger partial charge in [0.1, 0.15) is 10.3 Å². The number of imidazole rings is 1. The van der Waals surface area contributed by atoms with Gasteiger partial charge in [-0.3, -0.25) is 4.40 Å². The summed E-state index contributed by atoms with van der Waals surface area (Å²) in [7, 11) is 0. The number of allylic oxidation sites excluding steroid dienone is 8. The van der Waals surface area contributed by atoms with Gasteiger partial charge in [-0.25, -0.2) is 15.0 Å². The van der Waals surface area contributed by atoms with Crippen molar-refractivity contribution in [1.29, 1.82) is 0 Å². The van der Waals surface area contributed by atoms with Crippen LogP contribution in [0.15, 0.2) is 121 Å². The third kappa shape index (κ3) is 3.86. The van der Waals surface area contributed by atoms with Crippen LogP contribution < -0.4 is 0 Å². The molecule has 3 aromatic heterocycles. The summed E-state index contributed by atoms with van der Waals surface area (Å²) in [5, 5.41) is 0. The van der Waals surface area contributed by atoms with Crippen molar-refractivity contribution in [1.82, 2.24) is 38.2 Å². The van der Waals surface area contributed by atoms with Crippen molar-refractivity contribution in [3.8, 4) is 0 Å². The van der Waals surface area contributed by atoms with Crippen LogP contribution in [-0.2, 0) is 0 Å². The molecule has 5 aliphatic heterocycles. The molecular formula is C32H28B4N8S. The van der Waals surface area contributed by atoms with Gasteiger partial charge in [0.15, 0.2) is 10.8 Å². The molecule has 45 heavy (non-hydrogen) atoms. The van der Waals surface area contributed by atoms with Gasteiger partial charge in [-0.1, -0.05) is 78.4 Å². The molecular weight excluding hydrogens is 572 g/mol. The maximum Gasteiger partial charge on any atom is 0.381 e. The van der Waals surface area contributed by atoms with E-state index in [1.165, 1.54) is 0 Å². The highest BCUT2D eigenvalue weighted by molar-refractivity contribution is 7.23.